The van der Waals surface area contributed by atoms with Gasteiger partial charge in [0, 0.05) is 24.2 Å². The fraction of sp³-hybridized carbons (Fsp3) is 0.619. The van der Waals surface area contributed by atoms with E-state index in [9.17, 15) is 0 Å². The van der Waals surface area contributed by atoms with E-state index in [1.54, 1.807) is 11.1 Å². The third kappa shape index (κ3) is 3.25. The van der Waals surface area contributed by atoms with Crippen LogP contribution < -0.4 is 5.32 Å². The molecule has 2 fully saturated rings. The van der Waals surface area contributed by atoms with Gasteiger partial charge in [-0.25, -0.2) is 9.21 Å². The molecule has 0 bridgehead atoms. The summed E-state index contributed by atoms with van der Waals surface area (Å²) < 4.78 is 0. The number of likely N-dealkylation sites (tertiary alicyclic amines) is 1. The maximum Gasteiger partial charge on any atom is 0.0376 e. The maximum absolute atomic E-state index is 4.35. The van der Waals surface area contributed by atoms with Crippen LogP contribution in [0.25, 0.3) is 0 Å². The summed E-state index contributed by atoms with van der Waals surface area (Å²) in [4.78, 5) is 2.56. The Bertz CT molecular complexity index is 693. The molecule has 1 unspecified atom stereocenters. The second-order valence-electron chi connectivity index (χ2n) is 8.34. The van der Waals surface area contributed by atoms with Crippen molar-refractivity contribution in [3.63, 3.8) is 0 Å². The molecule has 4 rings (SSSR count). The van der Waals surface area contributed by atoms with Crippen LogP contribution in [0.2, 0.25) is 0 Å². The quantitative estimate of drug-likeness (QED) is 0.826. The van der Waals surface area contributed by atoms with E-state index >= 15 is 0 Å². The van der Waals surface area contributed by atoms with Gasteiger partial charge in [-0.1, -0.05) is 23.9 Å². The van der Waals surface area contributed by atoms with Crippen LogP contribution in [0.4, 0.5) is 5.69 Å². The number of nitrogens with one attached hydrogen (secondary N) is 1. The van der Waals surface area contributed by atoms with Crippen molar-refractivity contribution in [3.8, 4) is 0 Å². The minimum Gasteiger partial charge on any atom is -0.384 e. The fourth-order valence-electron chi connectivity index (χ4n) is 4.86. The van der Waals surface area contributed by atoms with Gasteiger partial charge in [-0.2, -0.15) is 0 Å². The van der Waals surface area contributed by atoms with E-state index in [4.69, 9.17) is 0 Å². The van der Waals surface area contributed by atoms with Gasteiger partial charge in [0.2, 0.25) is 0 Å². The van der Waals surface area contributed by atoms with E-state index < -0.39 is 9.21 Å². The molecule has 3 aliphatic heterocycles. The first kappa shape index (κ1) is 16.5. The first-order valence-electron chi connectivity index (χ1n) is 9.54. The summed E-state index contributed by atoms with van der Waals surface area (Å²) in [6.07, 6.45) is 6.63. The zero-order valence-electron chi connectivity index (χ0n) is 15.1. The van der Waals surface area contributed by atoms with Gasteiger partial charge in [0.25, 0.3) is 0 Å². The minimum atomic E-state index is -0.786. The van der Waals surface area contributed by atoms with Gasteiger partial charge < -0.3 is 10.2 Å². The van der Waals surface area contributed by atoms with Crippen LogP contribution in [0.5, 0.6) is 0 Å². The third-order valence-corrected chi connectivity index (χ3v) is 8.76. The number of benzene rings is 1. The standard InChI is InChI=1S/C21H32N2S/c1-23-10-4-5-19(23)13-18-15-22-21-7-6-17(14-20(18)21)16-8-11-24(2,3)12-9-16/h6-7,14,16,18-19,22H,2-5,8-13,15H2,1H3/t18?,19-/m1/s1. The first-order valence-corrected chi connectivity index (χ1v) is 11.9. The van der Waals surface area contributed by atoms with Crippen LogP contribution in [-0.4, -0.2) is 54.3 Å². The predicted molar refractivity (Wildman–Crippen MR) is 111 cm³/mol. The molecular weight excluding hydrogens is 312 g/mol. The summed E-state index contributed by atoms with van der Waals surface area (Å²) in [5.41, 5.74) is 4.54. The SMILES string of the molecule is C=S1(=C)CCC(c2ccc3c(c2)C(C[C@H]2CCCN2C)CN3)CC1. The molecule has 1 aromatic rings. The van der Waals surface area contributed by atoms with Crippen LogP contribution in [0.15, 0.2) is 18.2 Å². The molecule has 1 N–H and O–H groups in total. The van der Waals surface area contributed by atoms with Crippen molar-refractivity contribution in [3.05, 3.63) is 29.3 Å². The Hall–Kier alpha value is -0.930. The van der Waals surface area contributed by atoms with Gasteiger partial charge in [0.1, 0.15) is 0 Å². The topological polar surface area (TPSA) is 15.3 Å². The Morgan fingerprint density at radius 2 is 2.00 bits per heavy atom. The summed E-state index contributed by atoms with van der Waals surface area (Å²) >= 11 is 0. The Morgan fingerprint density at radius 1 is 1.21 bits per heavy atom. The van der Waals surface area contributed by atoms with Gasteiger partial charge in [0.15, 0.2) is 0 Å². The molecule has 0 aromatic heterocycles. The molecule has 24 heavy (non-hydrogen) atoms. The number of rotatable bonds is 3. The minimum absolute atomic E-state index is 0.694. The molecular formula is C21H32N2S. The van der Waals surface area contributed by atoms with Gasteiger partial charge in [-0.3, -0.25) is 0 Å². The molecule has 0 saturated carbocycles. The van der Waals surface area contributed by atoms with Crippen molar-refractivity contribution >= 4 is 26.6 Å². The highest BCUT2D eigenvalue weighted by Crippen LogP contribution is 2.42. The van der Waals surface area contributed by atoms with E-state index in [-0.39, 0.29) is 0 Å². The van der Waals surface area contributed by atoms with Crippen LogP contribution in [0.1, 0.15) is 55.1 Å². The Morgan fingerprint density at radius 3 is 2.71 bits per heavy atom. The zero-order chi connectivity index (χ0) is 16.7. The highest BCUT2D eigenvalue weighted by Gasteiger charge is 2.30. The number of anilines is 1. The van der Waals surface area contributed by atoms with Crippen molar-refractivity contribution in [2.45, 2.75) is 50.0 Å². The smallest absolute Gasteiger partial charge is 0.0376 e. The number of nitrogens with zero attached hydrogens (tertiary/aromatic N) is 1. The molecule has 3 aliphatic rings. The summed E-state index contributed by atoms with van der Waals surface area (Å²) in [6.45, 7) is 2.40. The average molecular weight is 345 g/mol. The van der Waals surface area contributed by atoms with Crippen LogP contribution in [0, 0.1) is 0 Å². The largest absolute Gasteiger partial charge is 0.384 e. The van der Waals surface area contributed by atoms with Gasteiger partial charge in [-0.15, -0.1) is 0 Å². The van der Waals surface area contributed by atoms with E-state index in [1.165, 1.54) is 55.8 Å². The molecule has 2 atom stereocenters. The first-order chi connectivity index (χ1) is 11.5. The van der Waals surface area contributed by atoms with Gasteiger partial charge in [-0.05, 0) is 80.3 Å². The highest BCUT2D eigenvalue weighted by atomic mass is 32.2. The Labute approximate surface area is 148 Å². The Kier molecular flexibility index (Phi) is 4.42. The molecule has 0 amide bonds. The zero-order valence-corrected chi connectivity index (χ0v) is 15.9. The van der Waals surface area contributed by atoms with E-state index in [0.717, 1.165) is 18.5 Å². The van der Waals surface area contributed by atoms with Gasteiger partial charge >= 0.3 is 0 Å². The van der Waals surface area contributed by atoms with Crippen molar-refractivity contribution in [1.82, 2.24) is 4.90 Å². The number of fused-ring (bicyclic) bond motifs is 1. The summed E-state index contributed by atoms with van der Waals surface area (Å²) in [6, 6.07) is 8.03. The average Bonchev–Trinajstić information content (AvgIpc) is 3.14. The normalized spacial score (nSPS) is 30.2. The lowest BCUT2D eigenvalue weighted by Gasteiger charge is -2.29. The second-order valence-corrected chi connectivity index (χ2v) is 11.6. The molecule has 0 radical (unpaired) electrons. The van der Waals surface area contributed by atoms with Crippen LogP contribution >= 0.6 is 9.21 Å². The van der Waals surface area contributed by atoms with Crippen molar-refractivity contribution in [2.75, 3.05) is 37.0 Å². The summed E-state index contributed by atoms with van der Waals surface area (Å²) in [7, 11) is 1.51. The van der Waals surface area contributed by atoms with Crippen molar-refractivity contribution < 1.29 is 0 Å². The lowest BCUT2D eigenvalue weighted by molar-refractivity contribution is 0.285. The van der Waals surface area contributed by atoms with E-state index in [0.29, 0.717) is 5.92 Å². The molecule has 3 heteroatoms. The lowest BCUT2D eigenvalue weighted by Crippen LogP contribution is -2.27. The number of hydrogen-bond acceptors (Lipinski definition) is 2. The van der Waals surface area contributed by atoms with E-state index in [1.807, 2.05) is 0 Å². The molecule has 3 heterocycles. The van der Waals surface area contributed by atoms with Crippen LogP contribution in [-0.2, 0) is 0 Å². The van der Waals surface area contributed by atoms with Gasteiger partial charge in [0.05, 0.1) is 0 Å². The van der Waals surface area contributed by atoms with Crippen LogP contribution in [0.3, 0.4) is 0 Å². The fourth-order valence-corrected chi connectivity index (χ4v) is 6.63. The molecule has 2 saturated heterocycles. The maximum atomic E-state index is 4.35. The lowest BCUT2D eigenvalue weighted by atomic mass is 9.87. The predicted octanol–water partition coefficient (Wildman–Crippen LogP) is 4.23. The van der Waals surface area contributed by atoms with Crippen molar-refractivity contribution in [2.24, 2.45) is 0 Å². The molecule has 132 valence electrons. The molecule has 1 aromatic carbocycles. The van der Waals surface area contributed by atoms with E-state index in [2.05, 4.69) is 47.2 Å². The Balaban J connectivity index is 1.51. The molecule has 2 nitrogen and oxygen atoms in total. The highest BCUT2D eigenvalue weighted by molar-refractivity contribution is 8.27. The van der Waals surface area contributed by atoms with Crippen molar-refractivity contribution in [1.29, 1.82) is 0 Å². The molecule has 0 aliphatic carbocycles. The third-order valence-electron chi connectivity index (χ3n) is 6.55. The molecule has 0 spiro atoms. The number of hydrogen-bond donors (Lipinski definition) is 1. The monoisotopic (exact) mass is 344 g/mol. The second kappa shape index (κ2) is 6.42. The summed E-state index contributed by atoms with van der Waals surface area (Å²) in [5, 5.41) is 3.65. The summed E-state index contributed by atoms with van der Waals surface area (Å²) in [5.74, 6) is 12.6.